The fraction of sp³-hybridized carbons (Fsp3) is 0.300. The molecule has 3 heterocycles. The maximum absolute atomic E-state index is 13.8. The molecule has 1 aliphatic carbocycles. The number of hydrogen-bond donors (Lipinski definition) is 2. The van der Waals surface area contributed by atoms with Crippen molar-refractivity contribution in [3.63, 3.8) is 0 Å². The number of pyridine rings is 1. The van der Waals surface area contributed by atoms with Crippen molar-refractivity contribution in [1.29, 1.82) is 0 Å². The highest BCUT2D eigenvalue weighted by Gasteiger charge is 2.32. The van der Waals surface area contributed by atoms with Crippen LogP contribution in [0.2, 0.25) is 0 Å². The van der Waals surface area contributed by atoms with Crippen LogP contribution in [0, 0.1) is 13.8 Å². The Balaban J connectivity index is 1.57. The first kappa shape index (κ1) is 28.1. The number of anilines is 1. The number of halogens is 3. The lowest BCUT2D eigenvalue weighted by atomic mass is 9.91. The first-order valence-electron chi connectivity index (χ1n) is 13.6. The standard InChI is InChI=1S/C30H29F3N6O2S/c1-17-7-10-20(11-8-17)42(40,41)39-16-24(21-12-9-19(13-27(21)39)30(31,32)33)23-15-35-18(2)22-14-36-29(38-28(22)23)37-26-6-4-3-5-25(26)34/h7-16,25-26H,3-6,34H2,1-2H3,(H,36,37,38)/t25-,26?/m0/s1. The predicted octanol–water partition coefficient (Wildman–Crippen LogP) is 6.20. The van der Waals surface area contributed by atoms with Crippen molar-refractivity contribution in [2.75, 3.05) is 5.32 Å². The molecule has 0 saturated heterocycles. The molecule has 2 atom stereocenters. The van der Waals surface area contributed by atoms with Gasteiger partial charge in [0.1, 0.15) is 0 Å². The smallest absolute Gasteiger partial charge is 0.350 e. The van der Waals surface area contributed by atoms with Crippen LogP contribution < -0.4 is 11.1 Å². The highest BCUT2D eigenvalue weighted by Crippen LogP contribution is 2.39. The number of nitrogens with two attached hydrogens (primary N) is 1. The molecule has 1 fully saturated rings. The molecule has 0 amide bonds. The lowest BCUT2D eigenvalue weighted by Gasteiger charge is -2.29. The molecular formula is C30H29F3N6O2S. The normalized spacial score (nSPS) is 18.0. The third-order valence-corrected chi connectivity index (χ3v) is 9.61. The number of aromatic nitrogens is 4. The summed E-state index contributed by atoms with van der Waals surface area (Å²) in [5.74, 6) is 0.368. The zero-order valence-electron chi connectivity index (χ0n) is 23.0. The molecule has 0 radical (unpaired) electrons. The number of nitrogens with one attached hydrogen (secondary N) is 1. The maximum atomic E-state index is 13.8. The van der Waals surface area contributed by atoms with E-state index in [1.807, 2.05) is 6.92 Å². The summed E-state index contributed by atoms with van der Waals surface area (Å²) in [6.07, 6.45) is 3.79. The van der Waals surface area contributed by atoms with E-state index in [9.17, 15) is 21.6 Å². The second kappa shape index (κ2) is 10.4. The third-order valence-electron chi connectivity index (χ3n) is 7.92. The second-order valence-electron chi connectivity index (χ2n) is 10.8. The molecule has 8 nitrogen and oxygen atoms in total. The van der Waals surface area contributed by atoms with Crippen LogP contribution in [0.1, 0.15) is 42.5 Å². The van der Waals surface area contributed by atoms with E-state index in [2.05, 4.69) is 15.3 Å². The number of benzene rings is 2. The van der Waals surface area contributed by atoms with Crippen LogP contribution in [0.25, 0.3) is 32.9 Å². The quantitative estimate of drug-likeness (QED) is 0.249. The molecule has 1 aliphatic rings. The summed E-state index contributed by atoms with van der Waals surface area (Å²) in [7, 11) is -4.26. The summed E-state index contributed by atoms with van der Waals surface area (Å²) >= 11 is 0. The van der Waals surface area contributed by atoms with Crippen molar-refractivity contribution in [2.24, 2.45) is 5.73 Å². The number of nitrogens with zero attached hydrogens (tertiary/aromatic N) is 4. The summed E-state index contributed by atoms with van der Waals surface area (Å²) in [6, 6.07) is 9.23. The number of rotatable bonds is 5. The van der Waals surface area contributed by atoms with Crippen molar-refractivity contribution in [2.45, 2.75) is 62.7 Å². The number of alkyl halides is 3. The van der Waals surface area contributed by atoms with Crippen LogP contribution in [-0.4, -0.2) is 39.4 Å². The van der Waals surface area contributed by atoms with E-state index < -0.39 is 21.8 Å². The highest BCUT2D eigenvalue weighted by atomic mass is 32.2. The van der Waals surface area contributed by atoms with Gasteiger partial charge in [0, 0.05) is 58.3 Å². The SMILES string of the molecule is Cc1ccc(S(=O)(=O)n2cc(-c3cnc(C)c4cnc(NC5CCCC[C@@H]5N)nc34)c3ccc(C(F)(F)F)cc32)cc1. The van der Waals surface area contributed by atoms with Crippen molar-refractivity contribution in [3.8, 4) is 11.1 Å². The molecule has 1 saturated carbocycles. The van der Waals surface area contributed by atoms with E-state index in [4.69, 9.17) is 10.7 Å². The van der Waals surface area contributed by atoms with E-state index >= 15 is 0 Å². The van der Waals surface area contributed by atoms with Gasteiger partial charge in [0.05, 0.1) is 21.5 Å². The minimum Gasteiger partial charge on any atom is -0.350 e. The van der Waals surface area contributed by atoms with Crippen molar-refractivity contribution in [1.82, 2.24) is 18.9 Å². The predicted molar refractivity (Wildman–Crippen MR) is 156 cm³/mol. The Hall–Kier alpha value is -4.03. The van der Waals surface area contributed by atoms with E-state index in [1.54, 1.807) is 31.5 Å². The molecule has 2 aromatic carbocycles. The van der Waals surface area contributed by atoms with E-state index in [0.717, 1.165) is 47.4 Å². The van der Waals surface area contributed by atoms with Crippen molar-refractivity contribution >= 4 is 37.8 Å². The molecule has 218 valence electrons. The fourth-order valence-corrected chi connectivity index (χ4v) is 6.89. The Labute approximate surface area is 240 Å². The Morgan fingerprint density at radius 2 is 1.69 bits per heavy atom. The summed E-state index contributed by atoms with van der Waals surface area (Å²) in [5.41, 5.74) is 8.12. The van der Waals surface area contributed by atoms with Gasteiger partial charge >= 0.3 is 6.18 Å². The Morgan fingerprint density at radius 3 is 2.40 bits per heavy atom. The minimum atomic E-state index is -4.66. The van der Waals surface area contributed by atoms with Crippen LogP contribution in [0.3, 0.4) is 0 Å². The number of hydrogen-bond acceptors (Lipinski definition) is 7. The zero-order chi connectivity index (χ0) is 29.8. The van der Waals surface area contributed by atoms with Crippen LogP contribution in [-0.2, 0) is 16.2 Å². The monoisotopic (exact) mass is 594 g/mol. The fourth-order valence-electron chi connectivity index (χ4n) is 5.53. The van der Waals surface area contributed by atoms with Crippen LogP contribution in [0.15, 0.2) is 66.0 Å². The number of aryl methyl sites for hydroxylation is 2. The summed E-state index contributed by atoms with van der Waals surface area (Å²) < 4.78 is 69.8. The minimum absolute atomic E-state index is 0.00457. The van der Waals surface area contributed by atoms with Gasteiger partial charge in [0.25, 0.3) is 10.0 Å². The van der Waals surface area contributed by atoms with Gasteiger partial charge in [-0.1, -0.05) is 36.6 Å². The molecule has 6 rings (SSSR count). The lowest BCUT2D eigenvalue weighted by molar-refractivity contribution is -0.137. The average Bonchev–Trinajstić information content (AvgIpc) is 3.34. The van der Waals surface area contributed by atoms with Gasteiger partial charge in [-0.2, -0.15) is 13.2 Å². The molecule has 0 spiro atoms. The summed E-state index contributed by atoms with van der Waals surface area (Å²) in [4.78, 5) is 13.7. The Bertz CT molecular complexity index is 1920. The molecular weight excluding hydrogens is 565 g/mol. The largest absolute Gasteiger partial charge is 0.416 e. The molecule has 0 bridgehead atoms. The average molecular weight is 595 g/mol. The topological polar surface area (TPSA) is 116 Å². The van der Waals surface area contributed by atoms with Crippen LogP contribution >= 0.6 is 0 Å². The summed E-state index contributed by atoms with van der Waals surface area (Å²) in [6.45, 7) is 3.62. The highest BCUT2D eigenvalue weighted by molar-refractivity contribution is 7.90. The van der Waals surface area contributed by atoms with Crippen molar-refractivity contribution in [3.05, 3.63) is 77.9 Å². The molecule has 5 aromatic rings. The molecule has 12 heteroatoms. The van der Waals surface area contributed by atoms with Crippen LogP contribution in [0.4, 0.5) is 19.1 Å². The molecule has 1 unspecified atom stereocenters. The number of fused-ring (bicyclic) bond motifs is 2. The Morgan fingerprint density at radius 1 is 0.952 bits per heavy atom. The van der Waals surface area contributed by atoms with Crippen LogP contribution in [0.5, 0.6) is 0 Å². The van der Waals surface area contributed by atoms with Gasteiger partial charge < -0.3 is 11.1 Å². The second-order valence-corrected chi connectivity index (χ2v) is 12.6. The van der Waals surface area contributed by atoms with Gasteiger partial charge in [-0.05, 0) is 51.0 Å². The van der Waals surface area contributed by atoms with E-state index in [0.29, 0.717) is 39.1 Å². The molecule has 3 aromatic heterocycles. The van der Waals surface area contributed by atoms with Gasteiger partial charge in [-0.15, -0.1) is 0 Å². The third kappa shape index (κ3) is 4.98. The van der Waals surface area contributed by atoms with Gasteiger partial charge in [0.15, 0.2) is 0 Å². The lowest BCUT2D eigenvalue weighted by Crippen LogP contribution is -2.42. The van der Waals surface area contributed by atoms with Crippen molar-refractivity contribution < 1.29 is 21.6 Å². The molecule has 0 aliphatic heterocycles. The van der Waals surface area contributed by atoms with Gasteiger partial charge in [0.2, 0.25) is 5.95 Å². The van der Waals surface area contributed by atoms with Gasteiger partial charge in [-0.3, -0.25) is 4.98 Å². The first-order valence-corrected chi connectivity index (χ1v) is 15.1. The summed E-state index contributed by atoms with van der Waals surface area (Å²) in [5, 5.41) is 4.30. The Kier molecular flexibility index (Phi) is 6.93. The first-order chi connectivity index (χ1) is 19.9. The molecule has 3 N–H and O–H groups in total. The maximum Gasteiger partial charge on any atom is 0.416 e. The van der Waals surface area contributed by atoms with E-state index in [-0.39, 0.29) is 22.5 Å². The van der Waals surface area contributed by atoms with Gasteiger partial charge in [-0.25, -0.2) is 22.4 Å². The molecule has 42 heavy (non-hydrogen) atoms. The van der Waals surface area contributed by atoms with E-state index in [1.165, 1.54) is 24.4 Å². The zero-order valence-corrected chi connectivity index (χ0v) is 23.8.